The van der Waals surface area contributed by atoms with E-state index in [4.69, 9.17) is 9.15 Å². The minimum absolute atomic E-state index is 0.0957. The van der Waals surface area contributed by atoms with E-state index in [1.54, 1.807) is 10.9 Å². The van der Waals surface area contributed by atoms with Crippen molar-refractivity contribution in [1.82, 2.24) is 14.8 Å². The number of aryl methyl sites for hydroxylation is 1. The first-order valence-corrected chi connectivity index (χ1v) is 9.02. The second kappa shape index (κ2) is 8.35. The van der Waals surface area contributed by atoms with Crippen molar-refractivity contribution >= 4 is 5.97 Å². The van der Waals surface area contributed by atoms with E-state index in [-0.39, 0.29) is 19.0 Å². The van der Waals surface area contributed by atoms with Crippen molar-refractivity contribution in [3.05, 3.63) is 90.6 Å². The fourth-order valence-electron chi connectivity index (χ4n) is 2.77. The Hall–Kier alpha value is -3.67. The monoisotopic (exact) mass is 373 g/mol. The average molecular weight is 373 g/mol. The molecule has 0 fully saturated rings. The first-order chi connectivity index (χ1) is 13.8. The van der Waals surface area contributed by atoms with Crippen LogP contribution in [0.2, 0.25) is 0 Å². The zero-order valence-electron chi connectivity index (χ0n) is 15.2. The maximum atomic E-state index is 12.0. The molecule has 6 heteroatoms. The minimum Gasteiger partial charge on any atom is -0.459 e. The molecule has 0 saturated carbocycles. The van der Waals surface area contributed by atoms with E-state index >= 15 is 0 Å². The molecule has 0 unspecified atom stereocenters. The number of ether oxygens (including phenoxy) is 1. The Kier molecular flexibility index (Phi) is 5.29. The van der Waals surface area contributed by atoms with Crippen molar-refractivity contribution in [3.8, 4) is 17.1 Å². The van der Waals surface area contributed by atoms with Gasteiger partial charge in [-0.3, -0.25) is 4.79 Å². The molecule has 0 atom stereocenters. The molecule has 0 amide bonds. The third-order valence-corrected chi connectivity index (χ3v) is 4.23. The SMILES string of the molecule is O=C(CCc1cnn(-c2ccccc2)c1)OCc1coc(-c2ccccc2)n1. The summed E-state index contributed by atoms with van der Waals surface area (Å²) in [4.78, 5) is 16.4. The van der Waals surface area contributed by atoms with Crippen LogP contribution in [-0.4, -0.2) is 20.7 Å². The minimum atomic E-state index is -0.281. The molecule has 2 aromatic carbocycles. The highest BCUT2D eigenvalue weighted by atomic mass is 16.5. The van der Waals surface area contributed by atoms with Crippen LogP contribution in [0.1, 0.15) is 17.7 Å². The van der Waals surface area contributed by atoms with Crippen molar-refractivity contribution < 1.29 is 13.9 Å². The summed E-state index contributed by atoms with van der Waals surface area (Å²) in [6.45, 7) is 0.0957. The van der Waals surface area contributed by atoms with Crippen LogP contribution in [0.4, 0.5) is 0 Å². The van der Waals surface area contributed by atoms with Crippen LogP contribution in [0.3, 0.4) is 0 Å². The van der Waals surface area contributed by atoms with Crippen LogP contribution < -0.4 is 0 Å². The van der Waals surface area contributed by atoms with E-state index in [1.165, 1.54) is 6.26 Å². The summed E-state index contributed by atoms with van der Waals surface area (Å²) in [5.41, 5.74) is 3.43. The van der Waals surface area contributed by atoms with Gasteiger partial charge in [-0.05, 0) is 36.2 Å². The molecule has 0 N–H and O–H groups in total. The molecule has 140 valence electrons. The van der Waals surface area contributed by atoms with Crippen molar-refractivity contribution in [2.75, 3.05) is 0 Å². The smallest absolute Gasteiger partial charge is 0.306 e. The normalized spacial score (nSPS) is 10.7. The van der Waals surface area contributed by atoms with E-state index < -0.39 is 0 Å². The first-order valence-electron chi connectivity index (χ1n) is 9.02. The highest BCUT2D eigenvalue weighted by molar-refractivity contribution is 5.69. The molecule has 0 bridgehead atoms. The highest BCUT2D eigenvalue weighted by Crippen LogP contribution is 2.18. The highest BCUT2D eigenvalue weighted by Gasteiger charge is 2.10. The Morgan fingerprint density at radius 2 is 1.79 bits per heavy atom. The molecule has 0 spiro atoms. The Bertz CT molecular complexity index is 955. The number of aromatic nitrogens is 3. The summed E-state index contributed by atoms with van der Waals surface area (Å²) in [7, 11) is 0. The van der Waals surface area contributed by atoms with Gasteiger partial charge in [-0.1, -0.05) is 36.4 Å². The zero-order chi connectivity index (χ0) is 19.2. The van der Waals surface area contributed by atoms with Gasteiger partial charge in [-0.2, -0.15) is 5.10 Å². The lowest BCUT2D eigenvalue weighted by molar-refractivity contribution is -0.145. The number of esters is 1. The molecule has 28 heavy (non-hydrogen) atoms. The maximum Gasteiger partial charge on any atom is 0.306 e. The Balaban J connectivity index is 1.26. The quantitative estimate of drug-likeness (QED) is 0.454. The lowest BCUT2D eigenvalue weighted by Crippen LogP contribution is -2.06. The van der Waals surface area contributed by atoms with Crippen LogP contribution in [0, 0.1) is 0 Å². The standard InChI is InChI=1S/C22H19N3O3/c26-21(12-11-17-13-23-25(14-17)20-9-5-2-6-10-20)27-15-19-16-28-22(24-19)18-7-3-1-4-8-18/h1-10,13-14,16H,11-12,15H2. The van der Waals surface area contributed by atoms with Crippen molar-refractivity contribution in [3.63, 3.8) is 0 Å². The van der Waals surface area contributed by atoms with Gasteiger partial charge in [0.15, 0.2) is 0 Å². The lowest BCUT2D eigenvalue weighted by Gasteiger charge is -2.02. The van der Waals surface area contributed by atoms with Gasteiger partial charge in [0, 0.05) is 18.2 Å². The number of hydrogen-bond donors (Lipinski definition) is 0. The second-order valence-electron chi connectivity index (χ2n) is 6.30. The molecule has 2 heterocycles. The van der Waals surface area contributed by atoms with Crippen LogP contribution in [0.25, 0.3) is 17.1 Å². The van der Waals surface area contributed by atoms with Crippen LogP contribution in [0.5, 0.6) is 0 Å². The molecule has 0 aliphatic rings. The number of hydrogen-bond acceptors (Lipinski definition) is 5. The van der Waals surface area contributed by atoms with Crippen LogP contribution in [0.15, 0.2) is 83.7 Å². The van der Waals surface area contributed by atoms with E-state index in [0.717, 1.165) is 16.8 Å². The van der Waals surface area contributed by atoms with Crippen molar-refractivity contribution in [2.24, 2.45) is 0 Å². The lowest BCUT2D eigenvalue weighted by atomic mass is 10.2. The molecule has 4 aromatic rings. The Morgan fingerprint density at radius 1 is 1.04 bits per heavy atom. The average Bonchev–Trinajstić information content (AvgIpc) is 3.42. The third kappa shape index (κ3) is 4.35. The molecule has 0 radical (unpaired) electrons. The van der Waals surface area contributed by atoms with Crippen molar-refractivity contribution in [2.45, 2.75) is 19.4 Å². The number of benzene rings is 2. The second-order valence-corrected chi connectivity index (χ2v) is 6.30. The maximum absolute atomic E-state index is 12.0. The first kappa shape index (κ1) is 17.7. The predicted molar refractivity (Wildman–Crippen MR) is 104 cm³/mol. The number of rotatable bonds is 7. The van der Waals surface area contributed by atoms with E-state index in [9.17, 15) is 4.79 Å². The molecule has 6 nitrogen and oxygen atoms in total. The Morgan fingerprint density at radius 3 is 2.57 bits per heavy atom. The van der Waals surface area contributed by atoms with Gasteiger partial charge >= 0.3 is 5.97 Å². The van der Waals surface area contributed by atoms with E-state index in [1.807, 2.05) is 66.9 Å². The molecular weight excluding hydrogens is 354 g/mol. The van der Waals surface area contributed by atoms with Gasteiger partial charge in [0.2, 0.25) is 5.89 Å². The third-order valence-electron chi connectivity index (χ3n) is 4.23. The van der Waals surface area contributed by atoms with Gasteiger partial charge in [0.1, 0.15) is 18.6 Å². The summed E-state index contributed by atoms with van der Waals surface area (Å²) in [5, 5.41) is 4.33. The van der Waals surface area contributed by atoms with Gasteiger partial charge in [-0.15, -0.1) is 0 Å². The summed E-state index contributed by atoms with van der Waals surface area (Å²) in [5.74, 6) is 0.233. The van der Waals surface area contributed by atoms with E-state index in [2.05, 4.69) is 10.1 Å². The summed E-state index contributed by atoms with van der Waals surface area (Å²) in [6, 6.07) is 19.4. The molecule has 0 saturated heterocycles. The van der Waals surface area contributed by atoms with E-state index in [0.29, 0.717) is 18.0 Å². The molecule has 4 rings (SSSR count). The van der Waals surface area contributed by atoms with Gasteiger partial charge in [0.25, 0.3) is 0 Å². The zero-order valence-corrected chi connectivity index (χ0v) is 15.2. The molecular formula is C22H19N3O3. The largest absolute Gasteiger partial charge is 0.459 e. The number of para-hydroxylation sites is 1. The summed E-state index contributed by atoms with van der Waals surface area (Å²) < 4.78 is 12.5. The fourth-order valence-corrected chi connectivity index (χ4v) is 2.77. The van der Waals surface area contributed by atoms with Crippen LogP contribution >= 0.6 is 0 Å². The van der Waals surface area contributed by atoms with Gasteiger partial charge < -0.3 is 9.15 Å². The molecule has 2 aromatic heterocycles. The molecule has 0 aliphatic carbocycles. The van der Waals surface area contributed by atoms with Gasteiger partial charge in [0.05, 0.1) is 11.9 Å². The fraction of sp³-hybridized carbons (Fsp3) is 0.136. The number of nitrogens with zero attached hydrogens (tertiary/aromatic N) is 3. The van der Waals surface area contributed by atoms with Gasteiger partial charge in [-0.25, -0.2) is 9.67 Å². The molecule has 0 aliphatic heterocycles. The number of carbonyl (C=O) groups is 1. The topological polar surface area (TPSA) is 70.2 Å². The predicted octanol–water partition coefficient (Wildman–Crippen LogP) is 4.20. The summed E-state index contributed by atoms with van der Waals surface area (Å²) >= 11 is 0. The Labute approximate surface area is 162 Å². The number of carbonyl (C=O) groups excluding carboxylic acids is 1. The summed E-state index contributed by atoms with van der Waals surface area (Å²) in [6.07, 6.45) is 6.06. The van der Waals surface area contributed by atoms with Crippen molar-refractivity contribution in [1.29, 1.82) is 0 Å². The van der Waals surface area contributed by atoms with Crippen LogP contribution in [-0.2, 0) is 22.6 Å². The number of oxazole rings is 1.